The summed E-state index contributed by atoms with van der Waals surface area (Å²) < 4.78 is 0. The Morgan fingerprint density at radius 1 is 1.42 bits per heavy atom. The number of Topliss-reactive ketones (excluding diaryl/α,β-unsaturated/α-hetero) is 1. The van der Waals surface area contributed by atoms with Gasteiger partial charge in [0.1, 0.15) is 11.9 Å². The number of hydrogen-bond donors (Lipinski definition) is 0. The molecule has 2 rings (SSSR count). The van der Waals surface area contributed by atoms with Gasteiger partial charge in [0, 0.05) is 12.1 Å². The van der Waals surface area contributed by atoms with Crippen molar-refractivity contribution in [3.8, 4) is 6.07 Å². The molecule has 1 saturated carbocycles. The van der Waals surface area contributed by atoms with Crippen LogP contribution >= 0.6 is 0 Å². The molecule has 0 aromatic carbocycles. The van der Waals surface area contributed by atoms with Gasteiger partial charge in [0.05, 0.1) is 11.3 Å². The van der Waals surface area contributed by atoms with E-state index in [9.17, 15) is 10.1 Å². The van der Waals surface area contributed by atoms with Crippen molar-refractivity contribution < 1.29 is 4.79 Å². The molecule has 4 heteroatoms. The van der Waals surface area contributed by atoms with E-state index in [1.807, 2.05) is 6.07 Å². The zero-order valence-corrected chi connectivity index (χ0v) is 11.1. The minimum atomic E-state index is -0.0292. The van der Waals surface area contributed by atoms with Gasteiger partial charge in [-0.3, -0.25) is 4.79 Å². The van der Waals surface area contributed by atoms with E-state index in [1.165, 1.54) is 6.42 Å². The third-order valence-electron chi connectivity index (χ3n) is 3.45. The third-order valence-corrected chi connectivity index (χ3v) is 3.45. The molecule has 0 amide bonds. The van der Waals surface area contributed by atoms with E-state index in [0.717, 1.165) is 25.7 Å². The number of hydrogen-bond acceptors (Lipinski definition) is 4. The van der Waals surface area contributed by atoms with Crippen molar-refractivity contribution in [3.05, 3.63) is 29.4 Å². The second-order valence-electron chi connectivity index (χ2n) is 4.90. The van der Waals surface area contributed by atoms with Crippen LogP contribution in [0.2, 0.25) is 0 Å². The fraction of sp³-hybridized carbons (Fsp3) is 0.467. The Balaban J connectivity index is 2.19. The molecule has 0 bridgehead atoms. The lowest BCUT2D eigenvalue weighted by Gasteiger charge is -2.19. The van der Waals surface area contributed by atoms with Crippen molar-refractivity contribution in [2.75, 3.05) is 0 Å². The van der Waals surface area contributed by atoms with E-state index in [1.54, 1.807) is 25.3 Å². The van der Waals surface area contributed by atoms with Crippen LogP contribution in [0.4, 0.5) is 0 Å². The van der Waals surface area contributed by atoms with Crippen LogP contribution in [0.5, 0.6) is 0 Å². The predicted octanol–water partition coefficient (Wildman–Crippen LogP) is 2.84. The summed E-state index contributed by atoms with van der Waals surface area (Å²) in [4.78, 5) is 20.5. The zero-order valence-electron chi connectivity index (χ0n) is 11.1. The minimum absolute atomic E-state index is 0.0163. The number of rotatable bonds is 3. The molecular weight excluding hydrogens is 238 g/mol. The molecular formula is C15H17N3O. The molecule has 1 aromatic heterocycles. The molecule has 0 atom stereocenters. The molecule has 0 N–H and O–H groups in total. The fourth-order valence-electron chi connectivity index (χ4n) is 2.45. The molecule has 0 saturated heterocycles. The quantitative estimate of drug-likeness (QED) is 0.615. The minimum Gasteiger partial charge on any atom is -0.293 e. The van der Waals surface area contributed by atoms with Crippen molar-refractivity contribution >= 4 is 11.9 Å². The van der Waals surface area contributed by atoms with Gasteiger partial charge < -0.3 is 0 Å². The SMILES string of the molecule is Cc1nccc(C=C(C#N)C(=O)C2CCCCC2)n1. The number of nitriles is 1. The van der Waals surface area contributed by atoms with E-state index < -0.39 is 0 Å². The van der Waals surface area contributed by atoms with Crippen LogP contribution in [0, 0.1) is 24.2 Å². The van der Waals surface area contributed by atoms with Crippen molar-refractivity contribution in [1.29, 1.82) is 5.26 Å². The van der Waals surface area contributed by atoms with Crippen LogP contribution in [0.3, 0.4) is 0 Å². The normalized spacial score (nSPS) is 16.9. The van der Waals surface area contributed by atoms with E-state index in [0.29, 0.717) is 11.5 Å². The van der Waals surface area contributed by atoms with Gasteiger partial charge in [-0.1, -0.05) is 19.3 Å². The van der Waals surface area contributed by atoms with Crippen LogP contribution in [-0.2, 0) is 4.79 Å². The van der Waals surface area contributed by atoms with Gasteiger partial charge in [0.25, 0.3) is 0 Å². The van der Waals surface area contributed by atoms with Crippen molar-refractivity contribution in [3.63, 3.8) is 0 Å². The average molecular weight is 255 g/mol. The van der Waals surface area contributed by atoms with E-state index >= 15 is 0 Å². The highest BCUT2D eigenvalue weighted by atomic mass is 16.1. The van der Waals surface area contributed by atoms with Gasteiger partial charge in [-0.15, -0.1) is 0 Å². The Morgan fingerprint density at radius 2 is 2.16 bits per heavy atom. The number of ketones is 1. The lowest BCUT2D eigenvalue weighted by atomic mass is 9.84. The van der Waals surface area contributed by atoms with Gasteiger partial charge in [0.2, 0.25) is 0 Å². The molecule has 1 aliphatic carbocycles. The molecule has 1 aliphatic rings. The maximum absolute atomic E-state index is 12.3. The second kappa shape index (κ2) is 6.24. The molecule has 98 valence electrons. The lowest BCUT2D eigenvalue weighted by Crippen LogP contribution is -2.19. The van der Waals surface area contributed by atoms with E-state index in [2.05, 4.69) is 9.97 Å². The first kappa shape index (κ1) is 13.4. The predicted molar refractivity (Wildman–Crippen MR) is 71.9 cm³/mol. The monoisotopic (exact) mass is 255 g/mol. The summed E-state index contributed by atoms with van der Waals surface area (Å²) in [6.07, 6.45) is 8.38. The number of carbonyl (C=O) groups is 1. The summed E-state index contributed by atoms with van der Waals surface area (Å²) >= 11 is 0. The Kier molecular flexibility index (Phi) is 4.40. The maximum atomic E-state index is 12.3. The van der Waals surface area contributed by atoms with Crippen molar-refractivity contribution in [1.82, 2.24) is 9.97 Å². The van der Waals surface area contributed by atoms with Gasteiger partial charge in [-0.05, 0) is 31.9 Å². The largest absolute Gasteiger partial charge is 0.293 e. The van der Waals surface area contributed by atoms with Gasteiger partial charge in [-0.25, -0.2) is 9.97 Å². The van der Waals surface area contributed by atoms with Crippen LogP contribution in [-0.4, -0.2) is 15.8 Å². The first-order valence-electron chi connectivity index (χ1n) is 6.66. The van der Waals surface area contributed by atoms with Gasteiger partial charge >= 0.3 is 0 Å². The molecule has 1 fully saturated rings. The fourth-order valence-corrected chi connectivity index (χ4v) is 2.45. The number of allylic oxidation sites excluding steroid dienone is 1. The summed E-state index contributed by atoms with van der Waals surface area (Å²) in [5.74, 6) is 0.622. The van der Waals surface area contributed by atoms with Crippen LogP contribution < -0.4 is 0 Å². The Bertz CT molecular complexity index is 537. The van der Waals surface area contributed by atoms with E-state index in [-0.39, 0.29) is 17.3 Å². The van der Waals surface area contributed by atoms with Gasteiger partial charge in [0.15, 0.2) is 5.78 Å². The third kappa shape index (κ3) is 3.47. The number of aryl methyl sites for hydroxylation is 1. The lowest BCUT2D eigenvalue weighted by molar-refractivity contribution is -0.119. The van der Waals surface area contributed by atoms with Gasteiger partial charge in [-0.2, -0.15) is 5.26 Å². The summed E-state index contributed by atoms with van der Waals surface area (Å²) in [5, 5.41) is 9.18. The summed E-state index contributed by atoms with van der Waals surface area (Å²) in [7, 11) is 0. The summed E-state index contributed by atoms with van der Waals surface area (Å²) in [5.41, 5.74) is 0.832. The number of aromatic nitrogens is 2. The maximum Gasteiger partial charge on any atom is 0.176 e. The van der Waals surface area contributed by atoms with Crippen LogP contribution in [0.25, 0.3) is 6.08 Å². The first-order chi connectivity index (χ1) is 9.20. The highest BCUT2D eigenvalue weighted by Gasteiger charge is 2.24. The summed E-state index contributed by atoms with van der Waals surface area (Å²) in [6.45, 7) is 1.78. The first-order valence-corrected chi connectivity index (χ1v) is 6.66. The van der Waals surface area contributed by atoms with Crippen molar-refractivity contribution in [2.24, 2.45) is 5.92 Å². The Hall–Kier alpha value is -2.02. The van der Waals surface area contributed by atoms with E-state index in [4.69, 9.17) is 0 Å². The topological polar surface area (TPSA) is 66.6 Å². The molecule has 4 nitrogen and oxygen atoms in total. The average Bonchev–Trinajstić information content (AvgIpc) is 2.45. The standard InChI is InChI=1S/C15H17N3O/c1-11-17-8-7-14(18-11)9-13(10-16)15(19)12-5-3-2-4-6-12/h7-9,12H,2-6H2,1H3. The number of nitrogens with zero attached hydrogens (tertiary/aromatic N) is 3. The number of carbonyl (C=O) groups excluding carboxylic acids is 1. The molecule has 1 aromatic rings. The molecule has 0 spiro atoms. The molecule has 0 radical (unpaired) electrons. The Labute approximate surface area is 113 Å². The Morgan fingerprint density at radius 3 is 2.79 bits per heavy atom. The molecule has 0 aliphatic heterocycles. The highest BCUT2D eigenvalue weighted by Crippen LogP contribution is 2.26. The second-order valence-corrected chi connectivity index (χ2v) is 4.90. The van der Waals surface area contributed by atoms with Crippen LogP contribution in [0.15, 0.2) is 17.8 Å². The molecule has 1 heterocycles. The highest BCUT2D eigenvalue weighted by molar-refractivity contribution is 6.04. The van der Waals surface area contributed by atoms with Crippen LogP contribution in [0.1, 0.15) is 43.6 Å². The molecule has 19 heavy (non-hydrogen) atoms. The molecule has 0 unspecified atom stereocenters. The van der Waals surface area contributed by atoms with Crippen molar-refractivity contribution in [2.45, 2.75) is 39.0 Å². The zero-order chi connectivity index (χ0) is 13.7. The smallest absolute Gasteiger partial charge is 0.176 e. The summed E-state index contributed by atoms with van der Waals surface area (Å²) in [6, 6.07) is 3.73.